The van der Waals surface area contributed by atoms with Gasteiger partial charge in [0, 0.05) is 23.5 Å². The molecule has 1 fully saturated rings. The summed E-state index contributed by atoms with van der Waals surface area (Å²) >= 11 is 1.41. The number of fused-ring (bicyclic) bond motifs is 1. The van der Waals surface area contributed by atoms with Crippen molar-refractivity contribution in [3.8, 4) is 11.1 Å². The van der Waals surface area contributed by atoms with Gasteiger partial charge in [-0.05, 0) is 42.9 Å². The predicted octanol–water partition coefficient (Wildman–Crippen LogP) is 3.41. The van der Waals surface area contributed by atoms with E-state index in [2.05, 4.69) is 11.1 Å². The SMILES string of the molecule is Cc1ccc(-c2csc3ncn(CC(=O)N(CC(C)C)C4CCS(=O)(=O)C4)c(=O)c23)cc1C. The Hall–Kier alpha value is -2.52. The molecule has 1 saturated heterocycles. The highest BCUT2D eigenvalue weighted by Gasteiger charge is 2.35. The van der Waals surface area contributed by atoms with Crippen LogP contribution in [-0.2, 0) is 21.2 Å². The lowest BCUT2D eigenvalue weighted by Crippen LogP contribution is -2.45. The summed E-state index contributed by atoms with van der Waals surface area (Å²) in [5.41, 5.74) is 3.83. The van der Waals surface area contributed by atoms with Crippen LogP contribution in [0, 0.1) is 19.8 Å². The molecule has 0 saturated carbocycles. The van der Waals surface area contributed by atoms with Gasteiger partial charge in [-0.25, -0.2) is 13.4 Å². The van der Waals surface area contributed by atoms with Crippen molar-refractivity contribution < 1.29 is 13.2 Å². The molecule has 0 N–H and O–H groups in total. The van der Waals surface area contributed by atoms with Crippen LogP contribution in [-0.4, -0.2) is 52.9 Å². The second-order valence-corrected chi connectivity index (χ2v) is 12.4. The highest BCUT2D eigenvalue weighted by molar-refractivity contribution is 7.91. The summed E-state index contributed by atoms with van der Waals surface area (Å²) in [6.45, 7) is 8.36. The van der Waals surface area contributed by atoms with Crippen LogP contribution in [0.25, 0.3) is 21.3 Å². The molecule has 33 heavy (non-hydrogen) atoms. The molecule has 1 amide bonds. The molecular weight excluding hydrogens is 458 g/mol. The second kappa shape index (κ2) is 9.02. The summed E-state index contributed by atoms with van der Waals surface area (Å²) in [4.78, 5) is 33.4. The summed E-state index contributed by atoms with van der Waals surface area (Å²) < 4.78 is 25.3. The van der Waals surface area contributed by atoms with Crippen molar-refractivity contribution in [2.45, 2.75) is 46.7 Å². The average molecular weight is 488 g/mol. The van der Waals surface area contributed by atoms with E-state index in [1.807, 2.05) is 45.2 Å². The smallest absolute Gasteiger partial charge is 0.263 e. The standard InChI is InChI=1S/C24H29N3O4S2/c1-15(2)10-27(19-7-8-33(30,31)13-19)21(28)11-26-14-25-23-22(24(26)29)20(12-32-23)18-6-5-16(3)17(4)9-18/h5-6,9,12,14-15,19H,7-8,10-11,13H2,1-4H3. The Kier molecular flexibility index (Phi) is 6.46. The molecule has 2 aromatic heterocycles. The number of hydrogen-bond acceptors (Lipinski definition) is 6. The maximum absolute atomic E-state index is 13.4. The number of carbonyl (C=O) groups excluding carboxylic acids is 1. The van der Waals surface area contributed by atoms with Crippen LogP contribution >= 0.6 is 11.3 Å². The zero-order valence-electron chi connectivity index (χ0n) is 19.4. The van der Waals surface area contributed by atoms with E-state index in [9.17, 15) is 18.0 Å². The zero-order valence-corrected chi connectivity index (χ0v) is 21.0. The van der Waals surface area contributed by atoms with Crippen molar-refractivity contribution in [1.82, 2.24) is 14.5 Å². The fourth-order valence-electron chi connectivity index (χ4n) is 4.31. The molecule has 1 atom stereocenters. The third-order valence-corrected chi connectivity index (χ3v) is 8.85. The first-order valence-corrected chi connectivity index (χ1v) is 13.8. The first-order valence-electron chi connectivity index (χ1n) is 11.1. The number of benzene rings is 1. The van der Waals surface area contributed by atoms with E-state index in [1.165, 1.54) is 27.8 Å². The molecule has 9 heteroatoms. The molecule has 0 aliphatic carbocycles. The number of aromatic nitrogens is 2. The van der Waals surface area contributed by atoms with E-state index in [0.717, 1.165) is 16.7 Å². The number of thiophene rings is 1. The Bertz CT molecular complexity index is 1370. The molecular formula is C24H29N3O4S2. The maximum atomic E-state index is 13.4. The predicted molar refractivity (Wildman–Crippen MR) is 132 cm³/mol. The Labute approximate surface area is 198 Å². The Morgan fingerprint density at radius 1 is 1.27 bits per heavy atom. The van der Waals surface area contributed by atoms with Crippen LogP contribution in [0.3, 0.4) is 0 Å². The molecule has 0 radical (unpaired) electrons. The summed E-state index contributed by atoms with van der Waals surface area (Å²) in [6.07, 6.45) is 1.86. The molecule has 0 spiro atoms. The van der Waals surface area contributed by atoms with E-state index in [-0.39, 0.29) is 41.5 Å². The van der Waals surface area contributed by atoms with Crippen molar-refractivity contribution in [1.29, 1.82) is 0 Å². The monoisotopic (exact) mass is 487 g/mol. The van der Waals surface area contributed by atoms with Crippen LogP contribution in [0.4, 0.5) is 0 Å². The van der Waals surface area contributed by atoms with Gasteiger partial charge in [0.05, 0.1) is 23.2 Å². The van der Waals surface area contributed by atoms with E-state index in [0.29, 0.717) is 23.2 Å². The van der Waals surface area contributed by atoms with Crippen LogP contribution in [0.2, 0.25) is 0 Å². The third kappa shape index (κ3) is 4.89. The molecule has 3 heterocycles. The first kappa shape index (κ1) is 23.6. The molecule has 3 aromatic rings. The second-order valence-electron chi connectivity index (χ2n) is 9.30. The molecule has 1 unspecified atom stereocenters. The molecule has 0 bridgehead atoms. The van der Waals surface area contributed by atoms with Gasteiger partial charge in [0.15, 0.2) is 9.84 Å². The van der Waals surface area contributed by atoms with Crippen LogP contribution in [0.5, 0.6) is 0 Å². The number of carbonyl (C=O) groups is 1. The van der Waals surface area contributed by atoms with Crippen LogP contribution in [0.15, 0.2) is 34.7 Å². The number of hydrogen-bond donors (Lipinski definition) is 0. The van der Waals surface area contributed by atoms with Crippen molar-refractivity contribution in [2.75, 3.05) is 18.1 Å². The molecule has 1 aliphatic heterocycles. The lowest BCUT2D eigenvalue weighted by molar-refractivity contribution is -0.134. The fourth-order valence-corrected chi connectivity index (χ4v) is 6.94. The zero-order chi connectivity index (χ0) is 23.9. The fraction of sp³-hybridized carbons (Fsp3) is 0.458. The number of amides is 1. The quantitative estimate of drug-likeness (QED) is 0.532. The van der Waals surface area contributed by atoms with E-state index >= 15 is 0 Å². The summed E-state index contributed by atoms with van der Waals surface area (Å²) in [6, 6.07) is 5.75. The number of aryl methyl sites for hydroxylation is 2. The maximum Gasteiger partial charge on any atom is 0.263 e. The summed E-state index contributed by atoms with van der Waals surface area (Å²) in [5.74, 6) is 0.0141. The molecule has 7 nitrogen and oxygen atoms in total. The van der Waals surface area contributed by atoms with Gasteiger partial charge in [-0.1, -0.05) is 32.0 Å². The van der Waals surface area contributed by atoms with Crippen molar-refractivity contribution in [3.05, 3.63) is 51.4 Å². The van der Waals surface area contributed by atoms with Gasteiger partial charge in [-0.3, -0.25) is 14.2 Å². The van der Waals surface area contributed by atoms with Gasteiger partial charge in [0.1, 0.15) is 11.4 Å². The largest absolute Gasteiger partial charge is 0.337 e. The van der Waals surface area contributed by atoms with Gasteiger partial charge >= 0.3 is 0 Å². The van der Waals surface area contributed by atoms with Gasteiger partial charge in [0.2, 0.25) is 5.91 Å². The molecule has 4 rings (SSSR count). The van der Waals surface area contributed by atoms with E-state index < -0.39 is 9.84 Å². The van der Waals surface area contributed by atoms with E-state index in [1.54, 1.807) is 4.90 Å². The summed E-state index contributed by atoms with van der Waals surface area (Å²) in [5, 5.41) is 2.45. The van der Waals surface area contributed by atoms with Gasteiger partial charge < -0.3 is 4.90 Å². The first-order chi connectivity index (χ1) is 15.6. The minimum Gasteiger partial charge on any atom is -0.337 e. The number of sulfone groups is 1. The normalized spacial score (nSPS) is 17.7. The Morgan fingerprint density at radius 2 is 2.03 bits per heavy atom. The van der Waals surface area contributed by atoms with Crippen LogP contribution < -0.4 is 5.56 Å². The lowest BCUT2D eigenvalue weighted by atomic mass is 10.0. The average Bonchev–Trinajstić information content (AvgIpc) is 3.33. The summed E-state index contributed by atoms with van der Waals surface area (Å²) in [7, 11) is -3.13. The van der Waals surface area contributed by atoms with Crippen molar-refractivity contribution >= 4 is 37.3 Å². The number of rotatable bonds is 6. The van der Waals surface area contributed by atoms with E-state index in [4.69, 9.17) is 0 Å². The molecule has 1 aliphatic rings. The minimum absolute atomic E-state index is 0.0148. The Morgan fingerprint density at radius 3 is 2.67 bits per heavy atom. The molecule has 1 aromatic carbocycles. The third-order valence-electron chi connectivity index (χ3n) is 6.22. The highest BCUT2D eigenvalue weighted by atomic mass is 32.2. The van der Waals surface area contributed by atoms with Crippen molar-refractivity contribution in [2.24, 2.45) is 5.92 Å². The van der Waals surface area contributed by atoms with Crippen LogP contribution in [0.1, 0.15) is 31.4 Å². The molecule has 176 valence electrons. The Balaban J connectivity index is 1.68. The van der Waals surface area contributed by atoms with Gasteiger partial charge in [-0.15, -0.1) is 11.3 Å². The van der Waals surface area contributed by atoms with Gasteiger partial charge in [-0.2, -0.15) is 0 Å². The number of nitrogens with zero attached hydrogens (tertiary/aromatic N) is 3. The topological polar surface area (TPSA) is 89.3 Å². The highest BCUT2D eigenvalue weighted by Crippen LogP contribution is 2.31. The van der Waals surface area contributed by atoms with Crippen molar-refractivity contribution in [3.63, 3.8) is 0 Å². The minimum atomic E-state index is -3.13. The van der Waals surface area contributed by atoms with Gasteiger partial charge in [0.25, 0.3) is 5.56 Å². The lowest BCUT2D eigenvalue weighted by Gasteiger charge is -2.30.